The highest BCUT2D eigenvalue weighted by Crippen LogP contribution is 2.32. The minimum absolute atomic E-state index is 0.0680. The summed E-state index contributed by atoms with van der Waals surface area (Å²) in [6.07, 6.45) is 2.71. The van der Waals surface area contributed by atoms with Crippen LogP contribution in [0.15, 0.2) is 42.6 Å². The Hall–Kier alpha value is -2.58. The average molecular weight is 328 g/mol. The number of benzene rings is 1. The number of rotatable bonds is 4. The molecule has 0 radical (unpaired) electrons. The number of aromatic nitrogens is 1. The van der Waals surface area contributed by atoms with E-state index in [1.165, 1.54) is 17.2 Å². The number of amides is 1. The van der Waals surface area contributed by atoms with Gasteiger partial charge in [-0.3, -0.25) is 4.90 Å². The first kappa shape index (κ1) is 15.3. The molecule has 0 saturated heterocycles. The molecule has 1 heterocycles. The van der Waals surface area contributed by atoms with Gasteiger partial charge in [0.15, 0.2) is 0 Å². The topological polar surface area (TPSA) is 66.2 Å². The Bertz CT molecular complexity index is 754. The van der Waals surface area contributed by atoms with Crippen molar-refractivity contribution in [1.82, 2.24) is 4.98 Å². The molecule has 116 valence electrons. The predicted molar refractivity (Wildman–Crippen MR) is 86.1 cm³/mol. The maximum Gasteiger partial charge on any atom is 0.416 e. The van der Waals surface area contributed by atoms with Gasteiger partial charge in [0.25, 0.3) is 0 Å². The molecule has 1 aromatic carbocycles. The second-order valence-electron chi connectivity index (χ2n) is 5.28. The zero-order valence-corrected chi connectivity index (χ0v) is 13.0. The van der Waals surface area contributed by atoms with Gasteiger partial charge in [0.2, 0.25) is 0 Å². The lowest BCUT2D eigenvalue weighted by Gasteiger charge is -2.21. The first-order valence-corrected chi connectivity index (χ1v) is 7.62. The van der Waals surface area contributed by atoms with Crippen molar-refractivity contribution in [1.29, 1.82) is 5.26 Å². The molecular formula is C17H14ClN3O2. The first-order chi connectivity index (χ1) is 11.2. The summed E-state index contributed by atoms with van der Waals surface area (Å²) in [5, 5.41) is 9.34. The number of carbonyl (C=O) groups is 1. The Labute approximate surface area is 139 Å². The maximum absolute atomic E-state index is 12.4. The molecule has 0 bridgehead atoms. The number of ether oxygens (including phenoxy) is 1. The molecule has 6 heteroatoms. The molecule has 23 heavy (non-hydrogen) atoms. The molecule has 5 nitrogen and oxygen atoms in total. The Morgan fingerprint density at radius 1 is 1.39 bits per heavy atom. The lowest BCUT2D eigenvalue weighted by molar-refractivity contribution is 0.146. The van der Waals surface area contributed by atoms with Gasteiger partial charge in [-0.2, -0.15) is 5.26 Å². The van der Waals surface area contributed by atoms with Crippen LogP contribution in [0.3, 0.4) is 0 Å². The van der Waals surface area contributed by atoms with Gasteiger partial charge >= 0.3 is 6.09 Å². The van der Waals surface area contributed by atoms with E-state index >= 15 is 0 Å². The monoisotopic (exact) mass is 327 g/mol. The second kappa shape index (κ2) is 6.67. The Balaban J connectivity index is 1.76. The number of nitrogens with zero attached hydrogens (tertiary/aromatic N) is 3. The molecule has 1 amide bonds. The van der Waals surface area contributed by atoms with E-state index in [9.17, 15) is 4.79 Å². The van der Waals surface area contributed by atoms with Gasteiger partial charge in [0.05, 0.1) is 10.6 Å². The van der Waals surface area contributed by atoms with Crippen LogP contribution >= 0.6 is 11.6 Å². The molecule has 1 aromatic heterocycles. The van der Waals surface area contributed by atoms with Crippen LogP contribution < -0.4 is 4.90 Å². The lowest BCUT2D eigenvalue weighted by atomic mass is 10.2. The lowest BCUT2D eigenvalue weighted by Crippen LogP contribution is -2.34. The number of hydrogen-bond donors (Lipinski definition) is 0. The van der Waals surface area contributed by atoms with Gasteiger partial charge < -0.3 is 4.74 Å². The minimum Gasteiger partial charge on any atom is -0.444 e. The van der Waals surface area contributed by atoms with Crippen molar-refractivity contribution in [3.05, 3.63) is 58.7 Å². The fourth-order valence-corrected chi connectivity index (χ4v) is 2.34. The van der Waals surface area contributed by atoms with Gasteiger partial charge in [-0.15, -0.1) is 0 Å². The van der Waals surface area contributed by atoms with Crippen molar-refractivity contribution in [3.63, 3.8) is 0 Å². The van der Waals surface area contributed by atoms with Gasteiger partial charge in [-0.05, 0) is 18.4 Å². The normalized spacial score (nSPS) is 13.2. The number of pyridine rings is 1. The zero-order valence-electron chi connectivity index (χ0n) is 12.3. The number of hydrogen-bond acceptors (Lipinski definition) is 4. The van der Waals surface area contributed by atoms with Crippen LogP contribution in [-0.4, -0.2) is 17.1 Å². The van der Waals surface area contributed by atoms with Crippen molar-refractivity contribution < 1.29 is 9.53 Å². The van der Waals surface area contributed by atoms with Crippen molar-refractivity contribution in [2.75, 3.05) is 4.90 Å². The molecule has 0 unspecified atom stereocenters. The highest BCUT2D eigenvalue weighted by Gasteiger charge is 2.36. The summed E-state index contributed by atoms with van der Waals surface area (Å²) in [5.74, 6) is 0.395. The second-order valence-corrected chi connectivity index (χ2v) is 5.68. The molecule has 1 aliphatic rings. The molecule has 0 spiro atoms. The van der Waals surface area contributed by atoms with Crippen LogP contribution in [0.4, 0.5) is 10.6 Å². The van der Waals surface area contributed by atoms with E-state index in [-0.39, 0.29) is 23.2 Å². The Morgan fingerprint density at radius 2 is 2.13 bits per heavy atom. The fraction of sp³-hybridized carbons (Fsp3) is 0.235. The van der Waals surface area contributed by atoms with Crippen LogP contribution in [0.25, 0.3) is 0 Å². The third-order valence-corrected chi connectivity index (χ3v) is 3.82. The third-order valence-electron chi connectivity index (χ3n) is 3.52. The molecule has 0 aliphatic heterocycles. The van der Waals surface area contributed by atoms with E-state index in [2.05, 4.69) is 4.98 Å². The number of nitriles is 1. The minimum atomic E-state index is -0.463. The van der Waals surface area contributed by atoms with Crippen LogP contribution in [0.2, 0.25) is 5.02 Å². The molecule has 1 aliphatic carbocycles. The van der Waals surface area contributed by atoms with Gasteiger partial charge in [0.1, 0.15) is 18.5 Å². The summed E-state index contributed by atoms with van der Waals surface area (Å²) in [5.41, 5.74) is 1.21. The van der Waals surface area contributed by atoms with Crippen molar-refractivity contribution in [2.24, 2.45) is 0 Å². The fourth-order valence-electron chi connectivity index (χ4n) is 2.20. The highest BCUT2D eigenvalue weighted by atomic mass is 35.5. The summed E-state index contributed by atoms with van der Waals surface area (Å²) < 4.78 is 5.38. The summed E-state index contributed by atoms with van der Waals surface area (Å²) in [4.78, 5) is 18.1. The van der Waals surface area contributed by atoms with Crippen LogP contribution in [0, 0.1) is 11.3 Å². The van der Waals surface area contributed by atoms with Gasteiger partial charge in [0, 0.05) is 18.3 Å². The first-order valence-electron chi connectivity index (χ1n) is 7.24. The van der Waals surface area contributed by atoms with Crippen LogP contribution in [-0.2, 0) is 11.3 Å². The highest BCUT2D eigenvalue weighted by molar-refractivity contribution is 6.31. The van der Waals surface area contributed by atoms with Crippen molar-refractivity contribution >= 4 is 23.5 Å². The molecule has 3 rings (SSSR count). The van der Waals surface area contributed by atoms with E-state index < -0.39 is 6.09 Å². The number of halogens is 1. The molecular weight excluding hydrogens is 314 g/mol. The number of anilines is 1. The molecule has 0 atom stereocenters. The van der Waals surface area contributed by atoms with Gasteiger partial charge in [-0.25, -0.2) is 9.78 Å². The van der Waals surface area contributed by atoms with E-state index in [0.717, 1.165) is 18.4 Å². The SMILES string of the molecule is N#Cc1cc(N(C(=O)OCc2ccccc2)C2CC2)ncc1Cl. The Morgan fingerprint density at radius 3 is 2.78 bits per heavy atom. The van der Waals surface area contributed by atoms with Crippen LogP contribution in [0.5, 0.6) is 0 Å². The Kier molecular flexibility index (Phi) is 4.45. The molecule has 1 fully saturated rings. The molecule has 2 aromatic rings. The summed E-state index contributed by atoms with van der Waals surface area (Å²) in [6.45, 7) is 0.196. The quantitative estimate of drug-likeness (QED) is 0.853. The summed E-state index contributed by atoms with van der Waals surface area (Å²) in [7, 11) is 0. The third kappa shape index (κ3) is 3.61. The standard InChI is InChI=1S/C17H14ClN3O2/c18-15-10-20-16(8-13(15)9-19)21(14-6-7-14)17(22)23-11-12-4-2-1-3-5-12/h1-5,8,10,14H,6-7,11H2. The van der Waals surface area contributed by atoms with E-state index in [1.807, 2.05) is 36.4 Å². The number of carbonyl (C=O) groups excluding carboxylic acids is 1. The molecule has 1 saturated carbocycles. The summed E-state index contributed by atoms with van der Waals surface area (Å²) >= 11 is 5.90. The largest absolute Gasteiger partial charge is 0.444 e. The summed E-state index contributed by atoms with van der Waals surface area (Å²) in [6, 6.07) is 13.1. The van der Waals surface area contributed by atoms with Crippen molar-refractivity contribution in [3.8, 4) is 6.07 Å². The van der Waals surface area contributed by atoms with E-state index in [1.54, 1.807) is 0 Å². The zero-order chi connectivity index (χ0) is 16.2. The van der Waals surface area contributed by atoms with Gasteiger partial charge in [-0.1, -0.05) is 41.9 Å². The molecule has 0 N–H and O–H groups in total. The van der Waals surface area contributed by atoms with E-state index in [0.29, 0.717) is 5.82 Å². The smallest absolute Gasteiger partial charge is 0.416 e. The average Bonchev–Trinajstić information content (AvgIpc) is 3.40. The van der Waals surface area contributed by atoms with Crippen LogP contribution in [0.1, 0.15) is 24.0 Å². The van der Waals surface area contributed by atoms with Crippen molar-refractivity contribution in [2.45, 2.75) is 25.5 Å². The maximum atomic E-state index is 12.4. The van der Waals surface area contributed by atoms with E-state index in [4.69, 9.17) is 21.6 Å². The predicted octanol–water partition coefficient (Wildman–Crippen LogP) is 3.91.